The summed E-state index contributed by atoms with van der Waals surface area (Å²) in [5, 5.41) is 0. The van der Waals surface area contributed by atoms with Crippen molar-refractivity contribution in [2.45, 2.75) is 45.1 Å². The Balaban J connectivity index is 2.08. The molecular formula is C18H30N2O. The molecule has 0 aromatic heterocycles. The van der Waals surface area contributed by atoms with E-state index in [0.717, 1.165) is 18.1 Å². The minimum Gasteiger partial charge on any atom is -0.497 e. The van der Waals surface area contributed by atoms with Crippen molar-refractivity contribution in [3.8, 4) is 5.75 Å². The summed E-state index contributed by atoms with van der Waals surface area (Å²) in [6.07, 6.45) is 4.93. The summed E-state index contributed by atoms with van der Waals surface area (Å²) in [4.78, 5) is 2.61. The lowest BCUT2D eigenvalue weighted by Crippen LogP contribution is -2.53. The van der Waals surface area contributed by atoms with Gasteiger partial charge in [0.2, 0.25) is 0 Å². The summed E-state index contributed by atoms with van der Waals surface area (Å²) >= 11 is 0. The van der Waals surface area contributed by atoms with E-state index in [1.807, 2.05) is 12.1 Å². The fourth-order valence-electron chi connectivity index (χ4n) is 3.30. The van der Waals surface area contributed by atoms with Crippen LogP contribution in [0.3, 0.4) is 0 Å². The molecule has 2 N–H and O–H groups in total. The fourth-order valence-corrected chi connectivity index (χ4v) is 3.30. The summed E-state index contributed by atoms with van der Waals surface area (Å²) in [6, 6.07) is 8.40. The van der Waals surface area contributed by atoms with Crippen molar-refractivity contribution in [3.05, 3.63) is 29.8 Å². The largest absolute Gasteiger partial charge is 0.497 e. The molecule has 1 aliphatic rings. The molecule has 0 aliphatic carbocycles. The second kappa shape index (κ2) is 7.28. The van der Waals surface area contributed by atoms with Crippen LogP contribution in [0.25, 0.3) is 0 Å². The smallest absolute Gasteiger partial charge is 0.118 e. The van der Waals surface area contributed by atoms with Crippen LogP contribution in [0, 0.1) is 5.92 Å². The van der Waals surface area contributed by atoms with Crippen LogP contribution in [0.15, 0.2) is 24.3 Å². The van der Waals surface area contributed by atoms with Crippen LogP contribution in [-0.2, 0) is 6.42 Å². The van der Waals surface area contributed by atoms with E-state index >= 15 is 0 Å². The predicted octanol–water partition coefficient (Wildman–Crippen LogP) is 3.08. The van der Waals surface area contributed by atoms with Crippen LogP contribution in [0.4, 0.5) is 0 Å². The topological polar surface area (TPSA) is 38.5 Å². The molecule has 3 heteroatoms. The molecule has 2 unspecified atom stereocenters. The zero-order valence-electron chi connectivity index (χ0n) is 13.8. The summed E-state index contributed by atoms with van der Waals surface area (Å²) in [5.41, 5.74) is 7.55. The second-order valence-corrected chi connectivity index (χ2v) is 6.75. The summed E-state index contributed by atoms with van der Waals surface area (Å²) < 4.78 is 5.24. The molecule has 0 radical (unpaired) electrons. The van der Waals surface area contributed by atoms with E-state index < -0.39 is 0 Å². The SMILES string of the molecule is COc1ccc(CC(C)(CN)N2CCCC(C)CC2)cc1. The molecule has 1 heterocycles. The van der Waals surface area contributed by atoms with Crippen molar-refractivity contribution in [3.63, 3.8) is 0 Å². The van der Waals surface area contributed by atoms with Gasteiger partial charge in [-0.05, 0) is 69.3 Å². The molecule has 118 valence electrons. The first kappa shape index (κ1) is 16.3. The highest BCUT2D eigenvalue weighted by molar-refractivity contribution is 5.28. The first-order valence-corrected chi connectivity index (χ1v) is 8.15. The molecule has 1 fully saturated rings. The van der Waals surface area contributed by atoms with Crippen LogP contribution >= 0.6 is 0 Å². The van der Waals surface area contributed by atoms with E-state index in [-0.39, 0.29) is 5.54 Å². The number of ether oxygens (including phenoxy) is 1. The molecule has 2 rings (SSSR count). The van der Waals surface area contributed by atoms with Gasteiger partial charge in [-0.15, -0.1) is 0 Å². The normalized spacial score (nSPS) is 23.3. The number of methoxy groups -OCH3 is 1. The van der Waals surface area contributed by atoms with Gasteiger partial charge in [0.05, 0.1) is 7.11 Å². The molecule has 1 aliphatic heterocycles. The van der Waals surface area contributed by atoms with E-state index in [1.165, 1.54) is 37.9 Å². The summed E-state index contributed by atoms with van der Waals surface area (Å²) in [5.74, 6) is 1.76. The first-order valence-electron chi connectivity index (χ1n) is 8.15. The number of hydrogen-bond donors (Lipinski definition) is 1. The number of likely N-dealkylation sites (tertiary alicyclic amines) is 1. The lowest BCUT2D eigenvalue weighted by Gasteiger charge is -2.40. The van der Waals surface area contributed by atoms with E-state index in [0.29, 0.717) is 6.54 Å². The second-order valence-electron chi connectivity index (χ2n) is 6.75. The van der Waals surface area contributed by atoms with E-state index in [1.54, 1.807) is 7.11 Å². The highest BCUT2D eigenvalue weighted by Crippen LogP contribution is 2.26. The van der Waals surface area contributed by atoms with Crippen LogP contribution in [-0.4, -0.2) is 37.2 Å². The minimum absolute atomic E-state index is 0.0542. The van der Waals surface area contributed by atoms with Crippen molar-refractivity contribution >= 4 is 0 Å². The Morgan fingerprint density at radius 3 is 2.57 bits per heavy atom. The Bertz CT molecular complexity index is 431. The third-order valence-electron chi connectivity index (χ3n) is 4.96. The van der Waals surface area contributed by atoms with Gasteiger partial charge in [0.1, 0.15) is 5.75 Å². The average Bonchev–Trinajstić information content (AvgIpc) is 2.73. The minimum atomic E-state index is 0.0542. The summed E-state index contributed by atoms with van der Waals surface area (Å²) in [6.45, 7) is 7.73. The molecule has 3 nitrogen and oxygen atoms in total. The first-order chi connectivity index (χ1) is 10.1. The van der Waals surface area contributed by atoms with Crippen molar-refractivity contribution < 1.29 is 4.74 Å². The van der Waals surface area contributed by atoms with Crippen molar-refractivity contribution in [1.29, 1.82) is 0 Å². The van der Waals surface area contributed by atoms with E-state index in [9.17, 15) is 0 Å². The average molecular weight is 290 g/mol. The maximum atomic E-state index is 6.16. The van der Waals surface area contributed by atoms with Crippen LogP contribution in [0.1, 0.15) is 38.7 Å². The standard InChI is InChI=1S/C18H30N2O/c1-15-5-4-11-20(12-10-15)18(2,14-19)13-16-6-8-17(21-3)9-7-16/h6-9,15H,4-5,10-14,19H2,1-3H3. The monoisotopic (exact) mass is 290 g/mol. The van der Waals surface area contributed by atoms with Crippen LogP contribution in [0.2, 0.25) is 0 Å². The molecule has 0 bridgehead atoms. The molecule has 2 atom stereocenters. The number of benzene rings is 1. The fraction of sp³-hybridized carbons (Fsp3) is 0.667. The van der Waals surface area contributed by atoms with Crippen molar-refractivity contribution in [1.82, 2.24) is 4.90 Å². The maximum absolute atomic E-state index is 6.16. The lowest BCUT2D eigenvalue weighted by molar-refractivity contribution is 0.113. The summed E-state index contributed by atoms with van der Waals surface area (Å²) in [7, 11) is 1.71. The van der Waals surface area contributed by atoms with E-state index in [2.05, 4.69) is 30.9 Å². The highest BCUT2D eigenvalue weighted by atomic mass is 16.5. The van der Waals surface area contributed by atoms with E-state index in [4.69, 9.17) is 10.5 Å². The quantitative estimate of drug-likeness (QED) is 0.905. The lowest BCUT2D eigenvalue weighted by atomic mass is 9.90. The van der Waals surface area contributed by atoms with Gasteiger partial charge in [0.25, 0.3) is 0 Å². The van der Waals surface area contributed by atoms with Gasteiger partial charge < -0.3 is 10.5 Å². The highest BCUT2D eigenvalue weighted by Gasteiger charge is 2.31. The molecular weight excluding hydrogens is 260 g/mol. The molecule has 21 heavy (non-hydrogen) atoms. The van der Waals surface area contributed by atoms with Gasteiger partial charge in [-0.2, -0.15) is 0 Å². The van der Waals surface area contributed by atoms with Gasteiger partial charge >= 0.3 is 0 Å². The number of hydrogen-bond acceptors (Lipinski definition) is 3. The zero-order valence-corrected chi connectivity index (χ0v) is 13.8. The zero-order chi connectivity index (χ0) is 15.3. The number of rotatable bonds is 5. The molecule has 0 spiro atoms. The van der Waals surface area contributed by atoms with Gasteiger partial charge in [-0.3, -0.25) is 4.90 Å². The number of nitrogens with two attached hydrogens (primary N) is 1. The van der Waals surface area contributed by atoms with Gasteiger partial charge in [-0.25, -0.2) is 0 Å². The predicted molar refractivity (Wildman–Crippen MR) is 88.7 cm³/mol. The van der Waals surface area contributed by atoms with Crippen LogP contribution < -0.4 is 10.5 Å². The number of nitrogens with zero attached hydrogens (tertiary/aromatic N) is 1. The Morgan fingerprint density at radius 2 is 1.95 bits per heavy atom. The van der Waals surface area contributed by atoms with Gasteiger partial charge in [-0.1, -0.05) is 19.1 Å². The van der Waals surface area contributed by atoms with Crippen molar-refractivity contribution in [2.75, 3.05) is 26.7 Å². The Kier molecular flexibility index (Phi) is 5.65. The molecule has 1 saturated heterocycles. The van der Waals surface area contributed by atoms with Crippen molar-refractivity contribution in [2.24, 2.45) is 11.7 Å². The molecule has 0 saturated carbocycles. The third kappa shape index (κ3) is 4.21. The Hall–Kier alpha value is -1.06. The third-order valence-corrected chi connectivity index (χ3v) is 4.96. The van der Waals surface area contributed by atoms with Gasteiger partial charge in [0, 0.05) is 12.1 Å². The Labute approximate surface area is 129 Å². The molecule has 0 amide bonds. The molecule has 1 aromatic carbocycles. The maximum Gasteiger partial charge on any atom is 0.118 e. The molecule has 1 aromatic rings. The Morgan fingerprint density at radius 1 is 1.24 bits per heavy atom. The van der Waals surface area contributed by atoms with Crippen LogP contribution in [0.5, 0.6) is 5.75 Å². The van der Waals surface area contributed by atoms with Gasteiger partial charge in [0.15, 0.2) is 0 Å².